The number of nitrogens with two attached hydrogens (primary N) is 1. The van der Waals surface area contributed by atoms with Crippen LogP contribution in [-0.2, 0) is 24.2 Å². The van der Waals surface area contributed by atoms with Gasteiger partial charge in [-0.1, -0.05) is 24.3 Å². The van der Waals surface area contributed by atoms with E-state index in [1.165, 1.54) is 16.8 Å². The maximum absolute atomic E-state index is 12.7. The summed E-state index contributed by atoms with van der Waals surface area (Å²) in [6.45, 7) is 3.41. The van der Waals surface area contributed by atoms with Crippen LogP contribution in [-0.4, -0.2) is 27.3 Å². The van der Waals surface area contributed by atoms with E-state index in [4.69, 9.17) is 5.73 Å². The van der Waals surface area contributed by atoms with Gasteiger partial charge in [0.25, 0.3) is 0 Å². The summed E-state index contributed by atoms with van der Waals surface area (Å²) in [6, 6.07) is 8.05. The van der Waals surface area contributed by atoms with E-state index in [1.807, 2.05) is 36.1 Å². The highest BCUT2D eigenvalue weighted by Crippen LogP contribution is 2.36. The molecule has 122 valence electrons. The predicted molar refractivity (Wildman–Crippen MR) is 95.8 cm³/mol. The zero-order chi connectivity index (χ0) is 16.7. The molecule has 0 radical (unpaired) electrons. The maximum Gasteiger partial charge on any atom is 0.227 e. The van der Waals surface area contributed by atoms with Gasteiger partial charge in [0.1, 0.15) is 17.0 Å². The van der Waals surface area contributed by atoms with Gasteiger partial charge >= 0.3 is 0 Å². The molecule has 0 spiro atoms. The molecule has 2 N–H and O–H groups in total. The summed E-state index contributed by atoms with van der Waals surface area (Å²) in [5.74, 6) is 0.712. The Morgan fingerprint density at radius 1 is 1.33 bits per heavy atom. The Labute approximate surface area is 144 Å². The molecular formula is C18H18N4OS. The van der Waals surface area contributed by atoms with Crippen LogP contribution in [0.3, 0.4) is 0 Å². The van der Waals surface area contributed by atoms with Crippen LogP contribution >= 0.6 is 11.3 Å². The van der Waals surface area contributed by atoms with Gasteiger partial charge in [0, 0.05) is 11.4 Å². The second kappa shape index (κ2) is 5.87. The Morgan fingerprint density at radius 2 is 2.17 bits per heavy atom. The molecule has 0 saturated heterocycles. The first-order valence-corrected chi connectivity index (χ1v) is 8.78. The van der Waals surface area contributed by atoms with Gasteiger partial charge in [0.05, 0.1) is 18.4 Å². The highest BCUT2D eigenvalue weighted by Gasteiger charge is 2.26. The Kier molecular flexibility index (Phi) is 3.69. The van der Waals surface area contributed by atoms with Crippen molar-refractivity contribution in [3.8, 4) is 0 Å². The molecule has 4 rings (SSSR count). The van der Waals surface area contributed by atoms with Crippen molar-refractivity contribution < 1.29 is 4.79 Å². The van der Waals surface area contributed by atoms with E-state index in [2.05, 4.69) is 9.97 Å². The molecule has 5 nitrogen and oxygen atoms in total. The summed E-state index contributed by atoms with van der Waals surface area (Å²) in [5, 5.41) is 0.975. The highest BCUT2D eigenvalue weighted by molar-refractivity contribution is 7.19. The fraction of sp³-hybridized carbons (Fsp3) is 0.278. The van der Waals surface area contributed by atoms with Crippen molar-refractivity contribution in [2.75, 3.05) is 12.3 Å². The smallest absolute Gasteiger partial charge is 0.227 e. The average Bonchev–Trinajstić information content (AvgIpc) is 2.95. The molecule has 24 heavy (non-hydrogen) atoms. The number of benzene rings is 1. The van der Waals surface area contributed by atoms with Crippen LogP contribution in [0, 0.1) is 6.92 Å². The molecule has 3 aromatic rings. The van der Waals surface area contributed by atoms with E-state index < -0.39 is 0 Å². The lowest BCUT2D eigenvalue weighted by molar-refractivity contribution is -0.131. The molecule has 0 aliphatic carbocycles. The van der Waals surface area contributed by atoms with E-state index in [9.17, 15) is 4.79 Å². The third-order valence-electron chi connectivity index (χ3n) is 4.62. The van der Waals surface area contributed by atoms with Gasteiger partial charge in [-0.05, 0) is 30.0 Å². The fourth-order valence-electron chi connectivity index (χ4n) is 3.25. The first-order chi connectivity index (χ1) is 11.6. The third kappa shape index (κ3) is 2.53. The molecule has 0 atom stereocenters. The SMILES string of the molecule is Cc1ccccc1CC(=O)N1CCc2c(sc3ncnc(N)c23)C1. The van der Waals surface area contributed by atoms with Crippen LogP contribution in [0.4, 0.5) is 5.82 Å². The minimum Gasteiger partial charge on any atom is -0.383 e. The first kappa shape index (κ1) is 15.1. The monoisotopic (exact) mass is 338 g/mol. The van der Waals surface area contributed by atoms with E-state index in [0.717, 1.165) is 34.3 Å². The van der Waals surface area contributed by atoms with Crippen molar-refractivity contribution in [2.24, 2.45) is 0 Å². The number of aryl methyl sites for hydroxylation is 1. The van der Waals surface area contributed by atoms with Gasteiger partial charge in [-0.15, -0.1) is 11.3 Å². The minimum absolute atomic E-state index is 0.173. The van der Waals surface area contributed by atoms with Crippen LogP contribution < -0.4 is 5.73 Å². The van der Waals surface area contributed by atoms with Crippen molar-refractivity contribution in [3.05, 3.63) is 52.2 Å². The molecule has 6 heteroatoms. The van der Waals surface area contributed by atoms with Crippen molar-refractivity contribution in [1.29, 1.82) is 0 Å². The molecule has 0 fully saturated rings. The summed E-state index contributed by atoms with van der Waals surface area (Å²) >= 11 is 1.62. The molecule has 1 amide bonds. The quantitative estimate of drug-likeness (QED) is 0.780. The van der Waals surface area contributed by atoms with Crippen molar-refractivity contribution in [1.82, 2.24) is 14.9 Å². The maximum atomic E-state index is 12.7. The number of carbonyl (C=O) groups excluding carboxylic acids is 1. The van der Waals surface area contributed by atoms with Crippen LogP contribution in [0.25, 0.3) is 10.2 Å². The normalized spacial score (nSPS) is 14.0. The molecule has 0 bridgehead atoms. The van der Waals surface area contributed by atoms with Crippen LogP contribution in [0.1, 0.15) is 21.6 Å². The van der Waals surface area contributed by atoms with E-state index in [-0.39, 0.29) is 5.91 Å². The number of fused-ring (bicyclic) bond motifs is 3. The minimum atomic E-state index is 0.173. The van der Waals surface area contributed by atoms with E-state index in [1.54, 1.807) is 11.3 Å². The number of nitrogen functional groups attached to an aromatic ring is 1. The summed E-state index contributed by atoms with van der Waals surface area (Å²) in [6.07, 6.45) is 2.77. The van der Waals surface area contributed by atoms with Gasteiger partial charge in [-0.25, -0.2) is 9.97 Å². The van der Waals surface area contributed by atoms with Gasteiger partial charge in [-0.3, -0.25) is 4.79 Å². The number of carbonyl (C=O) groups is 1. The van der Waals surface area contributed by atoms with Gasteiger partial charge in [0.2, 0.25) is 5.91 Å². The fourth-order valence-corrected chi connectivity index (χ4v) is 4.46. The van der Waals surface area contributed by atoms with Crippen molar-refractivity contribution in [3.63, 3.8) is 0 Å². The van der Waals surface area contributed by atoms with Gasteiger partial charge < -0.3 is 10.6 Å². The lowest BCUT2D eigenvalue weighted by Crippen LogP contribution is -2.36. The standard InChI is InChI=1S/C18H18N4OS/c1-11-4-2-3-5-12(11)8-15(23)22-7-6-13-14(9-22)24-18-16(13)17(19)20-10-21-18/h2-5,10H,6-9H2,1H3,(H2,19,20,21). The molecule has 0 unspecified atom stereocenters. The summed E-state index contributed by atoms with van der Waals surface area (Å²) in [4.78, 5) is 25.1. The molecule has 3 heterocycles. The first-order valence-electron chi connectivity index (χ1n) is 7.96. The van der Waals surface area contributed by atoms with Gasteiger partial charge in [0.15, 0.2) is 0 Å². The predicted octanol–water partition coefficient (Wildman–Crippen LogP) is 2.71. The van der Waals surface area contributed by atoms with E-state index in [0.29, 0.717) is 18.8 Å². The lowest BCUT2D eigenvalue weighted by atomic mass is 10.0. The number of anilines is 1. The Balaban J connectivity index is 1.58. The zero-order valence-corrected chi connectivity index (χ0v) is 14.3. The number of aromatic nitrogens is 2. The van der Waals surface area contributed by atoms with Crippen LogP contribution in [0.2, 0.25) is 0 Å². The number of hydrogen-bond donors (Lipinski definition) is 1. The lowest BCUT2D eigenvalue weighted by Gasteiger charge is -2.27. The molecule has 1 aliphatic rings. The van der Waals surface area contributed by atoms with E-state index >= 15 is 0 Å². The van der Waals surface area contributed by atoms with Crippen molar-refractivity contribution in [2.45, 2.75) is 26.3 Å². The summed E-state index contributed by atoms with van der Waals surface area (Å²) in [5.41, 5.74) is 9.49. The number of thiophene rings is 1. The topological polar surface area (TPSA) is 72.1 Å². The third-order valence-corrected chi connectivity index (χ3v) is 5.75. The Morgan fingerprint density at radius 3 is 3.00 bits per heavy atom. The Bertz CT molecular complexity index is 934. The Hall–Kier alpha value is -2.47. The zero-order valence-electron chi connectivity index (χ0n) is 13.5. The van der Waals surface area contributed by atoms with Gasteiger partial charge in [-0.2, -0.15) is 0 Å². The van der Waals surface area contributed by atoms with Crippen LogP contribution in [0.5, 0.6) is 0 Å². The molecular weight excluding hydrogens is 320 g/mol. The molecule has 0 saturated carbocycles. The second-order valence-electron chi connectivity index (χ2n) is 6.11. The molecule has 2 aromatic heterocycles. The van der Waals surface area contributed by atoms with Crippen molar-refractivity contribution >= 4 is 33.3 Å². The highest BCUT2D eigenvalue weighted by atomic mass is 32.1. The number of nitrogens with zero attached hydrogens (tertiary/aromatic N) is 3. The number of hydrogen-bond acceptors (Lipinski definition) is 5. The average molecular weight is 338 g/mol. The van der Waals surface area contributed by atoms with Crippen LogP contribution in [0.15, 0.2) is 30.6 Å². The summed E-state index contributed by atoms with van der Waals surface area (Å²) in [7, 11) is 0. The summed E-state index contributed by atoms with van der Waals surface area (Å²) < 4.78 is 0. The largest absolute Gasteiger partial charge is 0.383 e. The second-order valence-corrected chi connectivity index (χ2v) is 7.20. The molecule has 1 aromatic carbocycles. The number of rotatable bonds is 2. The number of amides is 1. The molecule has 1 aliphatic heterocycles.